The number of aliphatic carboxylic acids is 1. The van der Waals surface area contributed by atoms with Gasteiger partial charge in [0.15, 0.2) is 11.7 Å². The highest BCUT2D eigenvalue weighted by atomic mass is 35.5. The summed E-state index contributed by atoms with van der Waals surface area (Å²) in [6.07, 6.45) is -0.786. The van der Waals surface area contributed by atoms with Crippen molar-refractivity contribution in [1.29, 1.82) is 0 Å². The molecule has 2 aromatic rings. The summed E-state index contributed by atoms with van der Waals surface area (Å²) in [5.41, 5.74) is 0.468. The molecule has 3 amide bonds. The van der Waals surface area contributed by atoms with Gasteiger partial charge in [0.1, 0.15) is 16.0 Å². The minimum Gasteiger partial charge on any atom is -0.480 e. The summed E-state index contributed by atoms with van der Waals surface area (Å²) in [5.74, 6) is -3.22. The maximum atomic E-state index is 14.1. The molecule has 44 heavy (non-hydrogen) atoms. The number of carbonyl (C=O) groups excluding carboxylic acids is 3. The number of nitrogens with zero attached hydrogens (tertiary/aromatic N) is 4. The van der Waals surface area contributed by atoms with Crippen molar-refractivity contribution in [2.45, 2.75) is 76.8 Å². The molecular weight excluding hydrogens is 614 g/mol. The number of aromatic nitrogens is 2. The second-order valence-electron chi connectivity index (χ2n) is 12.6. The topological polar surface area (TPSA) is 168 Å². The molecule has 1 aliphatic heterocycles. The Morgan fingerprint density at radius 3 is 2.32 bits per heavy atom. The van der Waals surface area contributed by atoms with Crippen molar-refractivity contribution in [2.75, 3.05) is 13.1 Å². The largest absolute Gasteiger partial charge is 0.480 e. The molecule has 2 N–H and O–H groups in total. The van der Waals surface area contributed by atoms with Crippen molar-refractivity contribution in [2.24, 2.45) is 13.0 Å². The van der Waals surface area contributed by atoms with Gasteiger partial charge in [0.2, 0.25) is 10.0 Å². The third-order valence-corrected chi connectivity index (χ3v) is 10.4. The number of hydrogen-bond acceptors (Lipinski definition) is 8. The number of ether oxygens (including phenoxy) is 1. The zero-order chi connectivity index (χ0) is 32.8. The van der Waals surface area contributed by atoms with Crippen molar-refractivity contribution in [3.63, 3.8) is 0 Å². The van der Waals surface area contributed by atoms with E-state index in [0.717, 1.165) is 5.56 Å². The predicted octanol–water partition coefficient (Wildman–Crippen LogP) is 3.21. The predicted molar refractivity (Wildman–Crippen MR) is 161 cm³/mol. The Hall–Kier alpha value is -3.65. The van der Waals surface area contributed by atoms with Gasteiger partial charge in [-0.1, -0.05) is 37.6 Å². The average Bonchev–Trinajstić information content (AvgIpc) is 3.63. The second kappa shape index (κ2) is 12.0. The minimum absolute atomic E-state index is 0.102. The summed E-state index contributed by atoms with van der Waals surface area (Å²) in [6.45, 7) is 7.74. The van der Waals surface area contributed by atoms with E-state index in [4.69, 9.17) is 16.3 Å². The number of hydrogen-bond donors (Lipinski definition) is 2. The van der Waals surface area contributed by atoms with Crippen LogP contribution in [0.5, 0.6) is 0 Å². The lowest BCUT2D eigenvalue weighted by atomic mass is 10.0. The molecule has 2 aliphatic rings. The SMILES string of the molecule is CC(C)C(C(=O)O)N(C(=O)OC(C)(C)C)S(=O)(=O)C1(CN2CCc3c(C(=O)NCc4ccc(Cl)cc4)nn(C)c3C2=O)CC1. The van der Waals surface area contributed by atoms with E-state index in [1.54, 1.807) is 45.0 Å². The lowest BCUT2D eigenvalue weighted by molar-refractivity contribution is -0.142. The van der Waals surface area contributed by atoms with Gasteiger partial charge in [0.25, 0.3) is 11.8 Å². The average molecular weight is 652 g/mol. The number of rotatable bonds is 10. The maximum Gasteiger partial charge on any atom is 0.424 e. The molecule has 1 aromatic carbocycles. The third-order valence-electron chi connectivity index (χ3n) is 7.65. The fourth-order valence-electron chi connectivity index (χ4n) is 5.29. The number of carboxylic acids is 1. The summed E-state index contributed by atoms with van der Waals surface area (Å²) in [7, 11) is -3.08. The van der Waals surface area contributed by atoms with Crippen LogP contribution in [-0.2, 0) is 39.6 Å². The van der Waals surface area contributed by atoms with Gasteiger partial charge in [-0.15, -0.1) is 0 Å². The number of aryl methyl sites for hydroxylation is 1. The first-order valence-electron chi connectivity index (χ1n) is 14.3. The summed E-state index contributed by atoms with van der Waals surface area (Å²) in [4.78, 5) is 53.6. The van der Waals surface area contributed by atoms with Gasteiger partial charge in [-0.2, -0.15) is 9.40 Å². The molecule has 0 spiro atoms. The van der Waals surface area contributed by atoms with Crippen molar-refractivity contribution >= 4 is 45.5 Å². The highest BCUT2D eigenvalue weighted by Gasteiger charge is 2.62. The van der Waals surface area contributed by atoms with Crippen LogP contribution in [0.25, 0.3) is 0 Å². The van der Waals surface area contributed by atoms with E-state index in [0.29, 0.717) is 14.9 Å². The first-order valence-corrected chi connectivity index (χ1v) is 16.1. The van der Waals surface area contributed by atoms with Gasteiger partial charge in [0.05, 0.1) is 0 Å². The van der Waals surface area contributed by atoms with Crippen LogP contribution in [0, 0.1) is 5.92 Å². The molecule has 240 valence electrons. The van der Waals surface area contributed by atoms with E-state index in [-0.39, 0.29) is 50.3 Å². The quantitative estimate of drug-likeness (QED) is 0.392. The number of carboxylic acid groups (broad SMARTS) is 1. The number of nitrogens with one attached hydrogen (secondary N) is 1. The number of sulfonamides is 1. The highest BCUT2D eigenvalue weighted by molar-refractivity contribution is 7.91. The molecule has 15 heteroatoms. The highest BCUT2D eigenvalue weighted by Crippen LogP contribution is 2.47. The van der Waals surface area contributed by atoms with E-state index >= 15 is 0 Å². The summed E-state index contributed by atoms with van der Waals surface area (Å²) >= 11 is 5.92. The minimum atomic E-state index is -4.62. The van der Waals surface area contributed by atoms with Crippen LogP contribution in [0.15, 0.2) is 24.3 Å². The first kappa shape index (κ1) is 33.2. The normalized spacial score (nSPS) is 16.7. The molecule has 1 fully saturated rings. The van der Waals surface area contributed by atoms with Gasteiger partial charge >= 0.3 is 12.1 Å². The Kier molecular flexibility index (Phi) is 9.09. The molecule has 1 aromatic heterocycles. The molecule has 0 saturated heterocycles. The molecule has 1 saturated carbocycles. The van der Waals surface area contributed by atoms with E-state index in [1.807, 2.05) is 0 Å². The first-order chi connectivity index (χ1) is 20.4. The van der Waals surface area contributed by atoms with Crippen LogP contribution >= 0.6 is 11.6 Å². The fraction of sp³-hybridized carbons (Fsp3) is 0.552. The molecule has 13 nitrogen and oxygen atoms in total. The van der Waals surface area contributed by atoms with Gasteiger partial charge < -0.3 is 20.1 Å². The molecular formula is C29H38ClN5O8S. The number of halogens is 1. The van der Waals surface area contributed by atoms with Crippen LogP contribution in [0.2, 0.25) is 5.02 Å². The van der Waals surface area contributed by atoms with Crippen LogP contribution in [0.4, 0.5) is 4.79 Å². The van der Waals surface area contributed by atoms with Crippen LogP contribution in [0.1, 0.15) is 79.6 Å². The van der Waals surface area contributed by atoms with E-state index in [1.165, 1.54) is 30.5 Å². The summed E-state index contributed by atoms with van der Waals surface area (Å²) < 4.78 is 33.7. The smallest absolute Gasteiger partial charge is 0.424 e. The Morgan fingerprint density at radius 2 is 1.80 bits per heavy atom. The summed E-state index contributed by atoms with van der Waals surface area (Å²) in [5, 5.41) is 17.6. The molecule has 1 aliphatic carbocycles. The zero-order valence-corrected chi connectivity index (χ0v) is 27.2. The second-order valence-corrected chi connectivity index (χ2v) is 15.2. The zero-order valence-electron chi connectivity index (χ0n) is 25.6. The number of fused-ring (bicyclic) bond motifs is 1. The number of benzene rings is 1. The van der Waals surface area contributed by atoms with Gasteiger partial charge in [-0.25, -0.2) is 18.0 Å². The van der Waals surface area contributed by atoms with Gasteiger partial charge in [-0.05, 0) is 63.6 Å². The number of amides is 3. The summed E-state index contributed by atoms with van der Waals surface area (Å²) in [6, 6.07) is 5.28. The van der Waals surface area contributed by atoms with Gasteiger partial charge in [0, 0.05) is 37.3 Å². The van der Waals surface area contributed by atoms with Crippen LogP contribution in [-0.4, -0.2) is 85.9 Å². The van der Waals surface area contributed by atoms with Crippen molar-refractivity contribution in [3.05, 3.63) is 51.8 Å². The van der Waals surface area contributed by atoms with Crippen molar-refractivity contribution < 1.29 is 37.4 Å². The van der Waals surface area contributed by atoms with Crippen molar-refractivity contribution in [1.82, 2.24) is 24.3 Å². The monoisotopic (exact) mass is 651 g/mol. The van der Waals surface area contributed by atoms with Crippen LogP contribution in [0.3, 0.4) is 0 Å². The van der Waals surface area contributed by atoms with Crippen molar-refractivity contribution in [3.8, 4) is 0 Å². The standard InChI is InChI=1S/C29H38ClN5O8S/c1-17(2)22(26(38)39)35(27(40)43-28(3,4)5)44(41,42)29(12-13-29)16-34-14-11-20-21(32-33(6)23(20)25(34)37)24(36)31-15-18-7-9-19(30)10-8-18/h7-10,17,22H,11-16H2,1-6H3,(H,31,36)(H,38,39). The lowest BCUT2D eigenvalue weighted by Gasteiger charge is -2.37. The fourth-order valence-corrected chi connectivity index (χ4v) is 7.64. The third kappa shape index (κ3) is 6.55. The molecule has 1 atom stereocenters. The van der Waals surface area contributed by atoms with E-state index in [9.17, 15) is 32.7 Å². The Balaban J connectivity index is 1.57. The Labute approximate surface area is 261 Å². The molecule has 2 heterocycles. The molecule has 0 bridgehead atoms. The molecule has 0 radical (unpaired) electrons. The Morgan fingerprint density at radius 1 is 1.18 bits per heavy atom. The molecule has 1 unspecified atom stereocenters. The Bertz CT molecular complexity index is 1580. The molecule has 4 rings (SSSR count). The maximum absolute atomic E-state index is 14.1. The lowest BCUT2D eigenvalue weighted by Crippen LogP contribution is -2.58. The number of carbonyl (C=O) groups is 4. The van der Waals surface area contributed by atoms with Gasteiger partial charge in [-0.3, -0.25) is 14.3 Å². The van der Waals surface area contributed by atoms with Crippen LogP contribution < -0.4 is 5.32 Å². The van der Waals surface area contributed by atoms with E-state index in [2.05, 4.69) is 10.4 Å². The van der Waals surface area contributed by atoms with E-state index < -0.39 is 56.2 Å².